The average molecular weight is 246 g/mol. The van der Waals surface area contributed by atoms with E-state index in [1.54, 1.807) is 24.3 Å². The number of halogens is 1. The van der Waals surface area contributed by atoms with Gasteiger partial charge in [-0.15, -0.1) is 11.6 Å². The maximum absolute atomic E-state index is 11.9. The first-order valence-corrected chi connectivity index (χ1v) is 6.67. The summed E-state index contributed by atoms with van der Waals surface area (Å²) < 4.78 is 25.3. The molecule has 1 aromatic rings. The first-order chi connectivity index (χ1) is 7.05. The molecule has 0 amide bonds. The molecule has 0 bridgehead atoms. The van der Waals surface area contributed by atoms with Crippen LogP contribution in [0, 0.1) is 6.92 Å². The van der Waals surface area contributed by atoms with Crippen LogP contribution in [0.15, 0.2) is 29.2 Å². The summed E-state index contributed by atoms with van der Waals surface area (Å²) >= 11 is 5.61. The normalized spacial score (nSPS) is 25.2. The van der Waals surface area contributed by atoms with E-state index in [0.29, 0.717) is 17.3 Å². The van der Waals surface area contributed by atoms with Crippen molar-refractivity contribution in [1.29, 1.82) is 0 Å². The first-order valence-electron chi connectivity index (χ1n) is 4.70. The summed E-state index contributed by atoms with van der Waals surface area (Å²) in [5, 5.41) is 0. The van der Waals surface area contributed by atoms with Crippen LogP contribution in [0.25, 0.3) is 0 Å². The van der Waals surface area contributed by atoms with E-state index in [9.17, 15) is 8.42 Å². The van der Waals surface area contributed by atoms with Gasteiger partial charge in [-0.2, -0.15) is 4.31 Å². The van der Waals surface area contributed by atoms with Gasteiger partial charge in [-0.05, 0) is 19.1 Å². The highest BCUT2D eigenvalue weighted by atomic mass is 35.5. The van der Waals surface area contributed by atoms with Gasteiger partial charge in [0.15, 0.2) is 0 Å². The molecular formula is C10H12ClNO2S. The number of alkyl halides is 1. The van der Waals surface area contributed by atoms with Crippen molar-refractivity contribution in [3.63, 3.8) is 0 Å². The lowest BCUT2D eigenvalue weighted by atomic mass is 10.2. The average Bonchev–Trinajstić information content (AvgIpc) is 2.98. The summed E-state index contributed by atoms with van der Waals surface area (Å²) in [7, 11) is -3.29. The number of sulfonamides is 1. The SMILES string of the molecule is Cc1ccc(S(=O)(=O)[N@]2CC2CCl)cc1. The van der Waals surface area contributed by atoms with Crippen LogP contribution < -0.4 is 0 Å². The van der Waals surface area contributed by atoms with Gasteiger partial charge in [0, 0.05) is 12.4 Å². The Kier molecular flexibility index (Phi) is 2.75. The highest BCUT2D eigenvalue weighted by Gasteiger charge is 2.43. The highest BCUT2D eigenvalue weighted by molar-refractivity contribution is 7.89. The zero-order valence-electron chi connectivity index (χ0n) is 8.35. The molecule has 2 rings (SSSR count). The molecule has 0 spiro atoms. The van der Waals surface area contributed by atoms with Gasteiger partial charge in [0.25, 0.3) is 0 Å². The monoisotopic (exact) mass is 245 g/mol. The standard InChI is InChI=1S/C10H12ClNO2S/c1-8-2-4-10(5-3-8)15(13,14)12-7-9(12)6-11/h2-5,9H,6-7H2,1H3/t9?,12-/m1/s1. The van der Waals surface area contributed by atoms with Gasteiger partial charge >= 0.3 is 0 Å². The topological polar surface area (TPSA) is 37.1 Å². The van der Waals surface area contributed by atoms with Crippen LogP contribution in [0.1, 0.15) is 5.56 Å². The Labute approximate surface area is 94.7 Å². The maximum atomic E-state index is 11.9. The molecule has 1 aliphatic rings. The Bertz CT molecular complexity index is 455. The molecular weight excluding hydrogens is 234 g/mol. The van der Waals surface area contributed by atoms with Crippen molar-refractivity contribution in [2.45, 2.75) is 17.9 Å². The van der Waals surface area contributed by atoms with Crippen molar-refractivity contribution < 1.29 is 8.42 Å². The lowest BCUT2D eigenvalue weighted by molar-refractivity contribution is 0.556. The molecule has 5 heteroatoms. The van der Waals surface area contributed by atoms with Crippen LogP contribution in [0.2, 0.25) is 0 Å². The lowest BCUT2D eigenvalue weighted by Gasteiger charge is -2.05. The van der Waals surface area contributed by atoms with E-state index in [-0.39, 0.29) is 6.04 Å². The quantitative estimate of drug-likeness (QED) is 0.599. The van der Waals surface area contributed by atoms with E-state index in [4.69, 9.17) is 11.6 Å². The number of benzene rings is 1. The molecule has 82 valence electrons. The van der Waals surface area contributed by atoms with Gasteiger partial charge in [0.05, 0.1) is 10.9 Å². The van der Waals surface area contributed by atoms with Crippen molar-refractivity contribution in [3.8, 4) is 0 Å². The summed E-state index contributed by atoms with van der Waals surface area (Å²) in [6, 6.07) is 6.85. The summed E-state index contributed by atoms with van der Waals surface area (Å²) in [5.41, 5.74) is 1.05. The third-order valence-corrected chi connectivity index (χ3v) is 4.76. The molecule has 1 heterocycles. The maximum Gasteiger partial charge on any atom is 0.243 e. The van der Waals surface area contributed by atoms with E-state index in [1.165, 1.54) is 4.31 Å². The first kappa shape index (κ1) is 10.9. The summed E-state index contributed by atoms with van der Waals surface area (Å²) in [5.74, 6) is 0.366. The Balaban J connectivity index is 2.27. The molecule has 3 nitrogen and oxygen atoms in total. The van der Waals surface area contributed by atoms with Crippen molar-refractivity contribution in [2.24, 2.45) is 0 Å². The fourth-order valence-corrected chi connectivity index (χ4v) is 3.36. The molecule has 1 fully saturated rings. The number of nitrogens with zero attached hydrogens (tertiary/aromatic N) is 1. The fourth-order valence-electron chi connectivity index (χ4n) is 1.43. The number of hydrogen-bond donors (Lipinski definition) is 0. The molecule has 0 aromatic heterocycles. The largest absolute Gasteiger partial charge is 0.243 e. The Hall–Kier alpha value is -0.580. The predicted octanol–water partition coefficient (Wildman–Crippen LogP) is 1.61. The molecule has 1 aromatic carbocycles. The smallest absolute Gasteiger partial charge is 0.207 e. The second-order valence-electron chi connectivity index (χ2n) is 3.70. The van der Waals surface area contributed by atoms with Crippen LogP contribution in [0.3, 0.4) is 0 Å². The van der Waals surface area contributed by atoms with Gasteiger partial charge in [0.1, 0.15) is 0 Å². The van der Waals surface area contributed by atoms with E-state index < -0.39 is 10.0 Å². The van der Waals surface area contributed by atoms with Crippen LogP contribution in [-0.2, 0) is 10.0 Å². The molecule has 1 unspecified atom stereocenters. The number of rotatable bonds is 3. The summed E-state index contributed by atoms with van der Waals surface area (Å²) in [4.78, 5) is 0.348. The minimum atomic E-state index is -3.29. The van der Waals surface area contributed by atoms with Crippen LogP contribution in [0.4, 0.5) is 0 Å². The number of aryl methyl sites for hydroxylation is 1. The third-order valence-electron chi connectivity index (χ3n) is 2.47. The Morgan fingerprint density at radius 1 is 1.40 bits per heavy atom. The zero-order chi connectivity index (χ0) is 11.1. The summed E-state index contributed by atoms with van der Waals surface area (Å²) in [6.45, 7) is 2.47. The minimum absolute atomic E-state index is 0.0158. The van der Waals surface area contributed by atoms with Crippen molar-refractivity contribution in [3.05, 3.63) is 29.8 Å². The van der Waals surface area contributed by atoms with Gasteiger partial charge in [-0.3, -0.25) is 0 Å². The van der Waals surface area contributed by atoms with Gasteiger partial charge < -0.3 is 0 Å². The molecule has 1 saturated heterocycles. The van der Waals surface area contributed by atoms with Crippen molar-refractivity contribution >= 4 is 21.6 Å². The summed E-state index contributed by atoms with van der Waals surface area (Å²) in [6.07, 6.45) is 0. The predicted molar refractivity (Wildman–Crippen MR) is 59.6 cm³/mol. The molecule has 0 saturated carbocycles. The Morgan fingerprint density at radius 3 is 2.47 bits per heavy atom. The van der Waals surface area contributed by atoms with Crippen LogP contribution in [-0.4, -0.2) is 31.2 Å². The van der Waals surface area contributed by atoms with E-state index in [1.807, 2.05) is 6.92 Å². The fraction of sp³-hybridized carbons (Fsp3) is 0.400. The van der Waals surface area contributed by atoms with Crippen molar-refractivity contribution in [2.75, 3.05) is 12.4 Å². The molecule has 15 heavy (non-hydrogen) atoms. The minimum Gasteiger partial charge on any atom is -0.207 e. The molecule has 0 N–H and O–H groups in total. The zero-order valence-corrected chi connectivity index (χ0v) is 9.92. The second kappa shape index (κ2) is 3.77. The number of hydrogen-bond acceptors (Lipinski definition) is 2. The second-order valence-corrected chi connectivity index (χ2v) is 5.90. The highest BCUT2D eigenvalue weighted by Crippen LogP contribution is 2.28. The van der Waals surface area contributed by atoms with Crippen LogP contribution >= 0.6 is 11.6 Å². The van der Waals surface area contributed by atoms with Gasteiger partial charge in [0.2, 0.25) is 10.0 Å². The van der Waals surface area contributed by atoms with E-state index in [0.717, 1.165) is 5.56 Å². The lowest BCUT2D eigenvalue weighted by Crippen LogP contribution is -2.15. The van der Waals surface area contributed by atoms with Gasteiger partial charge in [-0.25, -0.2) is 8.42 Å². The third kappa shape index (κ3) is 2.02. The molecule has 1 aliphatic heterocycles. The van der Waals surface area contributed by atoms with E-state index >= 15 is 0 Å². The van der Waals surface area contributed by atoms with Crippen LogP contribution in [0.5, 0.6) is 0 Å². The Morgan fingerprint density at radius 2 is 2.00 bits per heavy atom. The van der Waals surface area contributed by atoms with Gasteiger partial charge in [-0.1, -0.05) is 17.7 Å². The van der Waals surface area contributed by atoms with E-state index in [2.05, 4.69) is 0 Å². The molecule has 0 aliphatic carbocycles. The molecule has 0 radical (unpaired) electrons. The van der Waals surface area contributed by atoms with Crippen molar-refractivity contribution in [1.82, 2.24) is 4.31 Å². The molecule has 2 atom stereocenters.